The molecule has 0 aliphatic heterocycles. The molecule has 0 unspecified atom stereocenters. The average molecular weight is 608 g/mol. The lowest BCUT2D eigenvalue weighted by Crippen LogP contribution is -2.17. The first-order chi connectivity index (χ1) is 22.5. The van der Waals surface area contributed by atoms with E-state index < -0.39 is 0 Å². The Morgan fingerprint density at radius 1 is 0.543 bits per heavy atom. The van der Waals surface area contributed by atoms with Crippen molar-refractivity contribution in [1.82, 2.24) is 0 Å². The average Bonchev–Trinajstić information content (AvgIpc) is 3.58. The highest BCUT2D eigenvalue weighted by Crippen LogP contribution is 2.54. The summed E-state index contributed by atoms with van der Waals surface area (Å²) in [6.45, 7) is 7.00. The molecule has 0 saturated carbocycles. The Hall–Kier alpha value is -5.18. The normalized spacial score (nSPS) is 13.3. The van der Waals surface area contributed by atoms with Gasteiger partial charge in [-0.2, -0.15) is 0 Å². The van der Waals surface area contributed by atoms with E-state index in [4.69, 9.17) is 0 Å². The van der Waals surface area contributed by atoms with E-state index in [-0.39, 0.29) is 5.41 Å². The minimum absolute atomic E-state index is 0.106. The number of anilines is 3. The third-order valence-electron chi connectivity index (χ3n) is 9.98. The highest BCUT2D eigenvalue weighted by molar-refractivity contribution is 7.26. The second kappa shape index (κ2) is 10.2. The minimum atomic E-state index is -0.106. The van der Waals surface area contributed by atoms with Gasteiger partial charge in [-0.1, -0.05) is 123 Å². The van der Waals surface area contributed by atoms with E-state index in [2.05, 4.69) is 171 Å². The van der Waals surface area contributed by atoms with Crippen molar-refractivity contribution in [3.63, 3.8) is 0 Å². The molecule has 1 aliphatic rings. The molecule has 1 nitrogen and oxygen atoms in total. The molecule has 0 amide bonds. The van der Waals surface area contributed by atoms with Crippen LogP contribution in [0.5, 0.6) is 0 Å². The van der Waals surface area contributed by atoms with Crippen LogP contribution in [-0.2, 0) is 5.41 Å². The van der Waals surface area contributed by atoms with Crippen molar-refractivity contribution in [1.29, 1.82) is 0 Å². The Morgan fingerprint density at radius 2 is 1.28 bits per heavy atom. The quantitative estimate of drug-likeness (QED) is 0.192. The molecule has 46 heavy (non-hydrogen) atoms. The predicted molar refractivity (Wildman–Crippen MR) is 199 cm³/mol. The maximum Gasteiger partial charge on any atom is 0.0555 e. The number of thiophene rings is 1. The number of benzene rings is 7. The van der Waals surface area contributed by atoms with Gasteiger partial charge in [-0.15, -0.1) is 11.3 Å². The van der Waals surface area contributed by atoms with E-state index in [1.165, 1.54) is 87.0 Å². The van der Waals surface area contributed by atoms with Crippen molar-refractivity contribution in [2.24, 2.45) is 0 Å². The van der Waals surface area contributed by atoms with E-state index in [9.17, 15) is 0 Å². The van der Waals surface area contributed by atoms with Crippen LogP contribution in [0, 0.1) is 6.92 Å². The van der Waals surface area contributed by atoms with Crippen molar-refractivity contribution in [2.75, 3.05) is 4.90 Å². The van der Waals surface area contributed by atoms with Crippen LogP contribution in [0.4, 0.5) is 17.1 Å². The Balaban J connectivity index is 1.39. The minimum Gasteiger partial charge on any atom is -0.309 e. The molecule has 0 fully saturated rings. The fourth-order valence-corrected chi connectivity index (χ4v) is 8.93. The Morgan fingerprint density at radius 3 is 2.15 bits per heavy atom. The number of aryl methyl sites for hydroxylation is 1. The first kappa shape index (κ1) is 27.2. The van der Waals surface area contributed by atoms with Crippen molar-refractivity contribution >= 4 is 59.3 Å². The molecule has 0 saturated heterocycles. The molecule has 1 aliphatic carbocycles. The molecule has 7 aromatic carbocycles. The van der Waals surface area contributed by atoms with Gasteiger partial charge in [-0.05, 0) is 87.5 Å². The monoisotopic (exact) mass is 607 g/mol. The largest absolute Gasteiger partial charge is 0.309 e. The summed E-state index contributed by atoms with van der Waals surface area (Å²) in [7, 11) is 0. The van der Waals surface area contributed by atoms with Crippen LogP contribution in [0.3, 0.4) is 0 Å². The molecule has 220 valence electrons. The van der Waals surface area contributed by atoms with Gasteiger partial charge in [-0.3, -0.25) is 0 Å². The molecule has 8 aromatic rings. The molecule has 9 rings (SSSR count). The molecule has 2 heteroatoms. The maximum atomic E-state index is 2.53. The van der Waals surface area contributed by atoms with Crippen molar-refractivity contribution in [3.8, 4) is 22.3 Å². The van der Waals surface area contributed by atoms with Crippen LogP contribution in [0.2, 0.25) is 0 Å². The zero-order valence-corrected chi connectivity index (χ0v) is 27.0. The molecule has 0 bridgehead atoms. The van der Waals surface area contributed by atoms with Gasteiger partial charge in [0, 0.05) is 36.8 Å². The van der Waals surface area contributed by atoms with Gasteiger partial charge in [0.2, 0.25) is 0 Å². The Kier molecular flexibility index (Phi) is 6.00. The topological polar surface area (TPSA) is 3.24 Å². The van der Waals surface area contributed by atoms with Gasteiger partial charge >= 0.3 is 0 Å². The summed E-state index contributed by atoms with van der Waals surface area (Å²) >= 11 is 1.87. The number of hydrogen-bond donors (Lipinski definition) is 0. The van der Waals surface area contributed by atoms with E-state index in [1.54, 1.807) is 0 Å². The highest BCUT2D eigenvalue weighted by atomic mass is 32.1. The van der Waals surface area contributed by atoms with E-state index in [0.717, 1.165) is 0 Å². The van der Waals surface area contributed by atoms with Gasteiger partial charge in [0.1, 0.15) is 0 Å². The molecular formula is C44H33NS. The zero-order chi connectivity index (χ0) is 31.0. The Labute approximate surface area is 274 Å². The SMILES string of the molecule is Cc1cccc2c1-c1ccc(N(c3ccc4ccccc4c3-c3ccccc3)c3cccc4sc5ccccc5c34)cc1C2(C)C. The van der Waals surface area contributed by atoms with Crippen LogP contribution in [-0.4, -0.2) is 0 Å². The number of fused-ring (bicyclic) bond motifs is 7. The molecule has 0 spiro atoms. The smallest absolute Gasteiger partial charge is 0.0555 e. The molecule has 0 N–H and O–H groups in total. The number of hydrogen-bond acceptors (Lipinski definition) is 2. The summed E-state index contributed by atoms with van der Waals surface area (Å²) in [5.74, 6) is 0. The summed E-state index contributed by atoms with van der Waals surface area (Å²) in [4.78, 5) is 2.53. The van der Waals surface area contributed by atoms with E-state index >= 15 is 0 Å². The molecule has 1 heterocycles. The third kappa shape index (κ3) is 3.93. The first-order valence-electron chi connectivity index (χ1n) is 16.0. The molecular weight excluding hydrogens is 575 g/mol. The van der Waals surface area contributed by atoms with Crippen LogP contribution < -0.4 is 4.90 Å². The first-order valence-corrected chi connectivity index (χ1v) is 16.8. The Bertz CT molecular complexity index is 2470. The van der Waals surface area contributed by atoms with Gasteiger partial charge in [0.05, 0.1) is 11.4 Å². The highest BCUT2D eigenvalue weighted by Gasteiger charge is 2.37. The van der Waals surface area contributed by atoms with E-state index in [1.807, 2.05) is 11.3 Å². The summed E-state index contributed by atoms with van der Waals surface area (Å²) in [6, 6.07) is 53.9. The van der Waals surface area contributed by atoms with Gasteiger partial charge in [-0.25, -0.2) is 0 Å². The van der Waals surface area contributed by atoms with Crippen LogP contribution >= 0.6 is 11.3 Å². The standard InChI is InChI=1S/C44H33NS/c1-28-13-11-19-35-41(28)33-25-24-31(27-36(33)44(35,2)3)45(37-20-12-22-40-43(37)34-18-9-10-21-39(34)46-40)38-26-23-29-14-7-8-17-32(29)42(38)30-15-5-4-6-16-30/h4-27H,1-3H3. The lowest BCUT2D eigenvalue weighted by molar-refractivity contribution is 0.660. The predicted octanol–water partition coefficient (Wildman–Crippen LogP) is 13.0. The molecule has 1 aromatic heterocycles. The maximum absolute atomic E-state index is 2.53. The van der Waals surface area contributed by atoms with Crippen molar-refractivity contribution in [2.45, 2.75) is 26.2 Å². The summed E-state index contributed by atoms with van der Waals surface area (Å²) in [5.41, 5.74) is 12.8. The van der Waals surface area contributed by atoms with Crippen LogP contribution in [0.15, 0.2) is 146 Å². The molecule has 0 radical (unpaired) electrons. The number of rotatable bonds is 4. The van der Waals surface area contributed by atoms with Crippen molar-refractivity contribution < 1.29 is 0 Å². The van der Waals surface area contributed by atoms with Gasteiger partial charge < -0.3 is 4.90 Å². The van der Waals surface area contributed by atoms with Crippen molar-refractivity contribution in [3.05, 3.63) is 162 Å². The second-order valence-corrected chi connectivity index (χ2v) is 14.1. The van der Waals surface area contributed by atoms with Gasteiger partial charge in [0.25, 0.3) is 0 Å². The van der Waals surface area contributed by atoms with Crippen LogP contribution in [0.25, 0.3) is 53.2 Å². The third-order valence-corrected chi connectivity index (χ3v) is 11.1. The summed E-state index contributed by atoms with van der Waals surface area (Å²) < 4.78 is 2.61. The van der Waals surface area contributed by atoms with Crippen LogP contribution in [0.1, 0.15) is 30.5 Å². The second-order valence-electron chi connectivity index (χ2n) is 13.0. The van der Waals surface area contributed by atoms with E-state index in [0.29, 0.717) is 0 Å². The fraction of sp³-hybridized carbons (Fsp3) is 0.0909. The fourth-order valence-electron chi connectivity index (χ4n) is 7.80. The molecule has 0 atom stereocenters. The number of nitrogens with zero attached hydrogens (tertiary/aromatic N) is 1. The lowest BCUT2D eigenvalue weighted by Gasteiger charge is -2.31. The summed E-state index contributed by atoms with van der Waals surface area (Å²) in [5, 5.41) is 5.09. The van der Waals surface area contributed by atoms with Gasteiger partial charge in [0.15, 0.2) is 0 Å². The lowest BCUT2D eigenvalue weighted by atomic mass is 9.82. The summed E-state index contributed by atoms with van der Waals surface area (Å²) in [6.07, 6.45) is 0. The zero-order valence-electron chi connectivity index (χ0n) is 26.2.